The predicted octanol–water partition coefficient (Wildman–Crippen LogP) is 2.26. The standard InChI is InChI=1S/C20H34N6O2.HI/c1-4-21-19(23-15-11-16(28-5-2)20(15)9-6-10-20)22-14-7-8-18-24-17(13-27-3)25-26(18)12-14;/h14-16H,4-13H2,1-3H3,(H2,21,22,23);1H. The molecule has 2 saturated carbocycles. The number of ether oxygens (including phenoxy) is 2. The lowest BCUT2D eigenvalue weighted by Gasteiger charge is -2.61. The molecule has 29 heavy (non-hydrogen) atoms. The van der Waals surface area contributed by atoms with Crippen molar-refractivity contribution in [1.82, 2.24) is 25.4 Å². The molecule has 0 radical (unpaired) electrons. The van der Waals surface area contributed by atoms with Crippen LogP contribution in [0.15, 0.2) is 4.99 Å². The van der Waals surface area contributed by atoms with Crippen LogP contribution in [0.2, 0.25) is 0 Å². The summed E-state index contributed by atoms with van der Waals surface area (Å²) in [6.07, 6.45) is 7.30. The van der Waals surface area contributed by atoms with Crippen molar-refractivity contribution in [2.24, 2.45) is 10.4 Å². The van der Waals surface area contributed by atoms with Gasteiger partial charge in [-0.15, -0.1) is 24.0 Å². The Hall–Kier alpha value is -0.940. The zero-order valence-electron chi connectivity index (χ0n) is 17.8. The van der Waals surface area contributed by atoms with Gasteiger partial charge in [-0.2, -0.15) is 5.10 Å². The minimum atomic E-state index is 0. The van der Waals surface area contributed by atoms with Gasteiger partial charge in [0.2, 0.25) is 0 Å². The van der Waals surface area contributed by atoms with E-state index >= 15 is 0 Å². The number of aliphatic imine (C=N–C) groups is 1. The highest BCUT2D eigenvalue weighted by Crippen LogP contribution is 2.57. The molecule has 4 rings (SSSR count). The molecule has 1 aliphatic heterocycles. The highest BCUT2D eigenvalue weighted by Gasteiger charge is 2.59. The Morgan fingerprint density at radius 1 is 1.31 bits per heavy atom. The van der Waals surface area contributed by atoms with Crippen LogP contribution in [-0.4, -0.2) is 59.2 Å². The van der Waals surface area contributed by atoms with E-state index in [2.05, 4.69) is 34.6 Å². The number of hydrogen-bond donors (Lipinski definition) is 2. The van der Waals surface area contributed by atoms with E-state index in [9.17, 15) is 0 Å². The van der Waals surface area contributed by atoms with E-state index in [1.807, 2.05) is 4.68 Å². The molecule has 0 saturated heterocycles. The third-order valence-corrected chi connectivity index (χ3v) is 6.58. The zero-order valence-corrected chi connectivity index (χ0v) is 20.1. The molecule has 3 atom stereocenters. The Balaban J connectivity index is 0.00000240. The van der Waals surface area contributed by atoms with Gasteiger partial charge < -0.3 is 20.1 Å². The smallest absolute Gasteiger partial charge is 0.191 e. The summed E-state index contributed by atoms with van der Waals surface area (Å²) in [6, 6.07) is 0.775. The SMILES string of the molecule is CCN=C(NC1CCc2nc(COC)nn2C1)NC1CC(OCC)C12CCC2.I. The number of nitrogens with one attached hydrogen (secondary N) is 2. The first-order chi connectivity index (χ1) is 13.7. The van der Waals surface area contributed by atoms with E-state index < -0.39 is 0 Å². The first-order valence-corrected chi connectivity index (χ1v) is 10.8. The molecule has 2 heterocycles. The summed E-state index contributed by atoms with van der Waals surface area (Å²) in [6.45, 7) is 7.03. The van der Waals surface area contributed by atoms with Crippen molar-refractivity contribution < 1.29 is 9.47 Å². The number of hydrogen-bond acceptors (Lipinski definition) is 5. The van der Waals surface area contributed by atoms with Gasteiger partial charge in [0.1, 0.15) is 12.4 Å². The summed E-state index contributed by atoms with van der Waals surface area (Å²) in [5, 5.41) is 11.9. The van der Waals surface area contributed by atoms with Crippen LogP contribution in [0.5, 0.6) is 0 Å². The maximum atomic E-state index is 5.99. The van der Waals surface area contributed by atoms with Gasteiger partial charge in [0, 0.05) is 44.2 Å². The quantitative estimate of drug-likeness (QED) is 0.327. The third-order valence-electron chi connectivity index (χ3n) is 6.58. The largest absolute Gasteiger partial charge is 0.378 e. The molecule has 0 aromatic carbocycles. The average molecular weight is 518 g/mol. The molecule has 2 N–H and O–H groups in total. The molecule has 3 aliphatic rings. The molecule has 0 bridgehead atoms. The molecule has 164 valence electrons. The van der Waals surface area contributed by atoms with Gasteiger partial charge in [0.25, 0.3) is 0 Å². The molecule has 1 spiro atoms. The van der Waals surface area contributed by atoms with Crippen LogP contribution in [0.3, 0.4) is 0 Å². The van der Waals surface area contributed by atoms with Crippen LogP contribution in [0.4, 0.5) is 0 Å². The van der Waals surface area contributed by atoms with Crippen LogP contribution in [0, 0.1) is 5.41 Å². The third kappa shape index (κ3) is 4.56. The topological polar surface area (TPSA) is 85.6 Å². The Kier molecular flexibility index (Phi) is 7.77. The molecule has 1 aromatic rings. The van der Waals surface area contributed by atoms with Gasteiger partial charge >= 0.3 is 0 Å². The number of rotatable bonds is 7. The molecule has 2 fully saturated rings. The van der Waals surface area contributed by atoms with Crippen molar-refractivity contribution >= 4 is 29.9 Å². The minimum absolute atomic E-state index is 0. The lowest BCUT2D eigenvalue weighted by atomic mass is 9.51. The number of fused-ring (bicyclic) bond motifs is 1. The van der Waals surface area contributed by atoms with Crippen LogP contribution in [0.1, 0.15) is 57.6 Å². The molecule has 0 amide bonds. The Morgan fingerprint density at radius 2 is 2.14 bits per heavy atom. The second-order valence-electron chi connectivity index (χ2n) is 8.23. The van der Waals surface area contributed by atoms with E-state index in [1.165, 1.54) is 19.3 Å². The molecule has 9 heteroatoms. The molecular weight excluding hydrogens is 483 g/mol. The van der Waals surface area contributed by atoms with Crippen molar-refractivity contribution in [1.29, 1.82) is 0 Å². The van der Waals surface area contributed by atoms with Gasteiger partial charge in [-0.3, -0.25) is 4.99 Å². The number of methoxy groups -OCH3 is 1. The second-order valence-corrected chi connectivity index (χ2v) is 8.23. The van der Waals surface area contributed by atoms with Gasteiger partial charge in [-0.05, 0) is 39.5 Å². The summed E-state index contributed by atoms with van der Waals surface area (Å²) in [7, 11) is 1.68. The Morgan fingerprint density at radius 3 is 2.79 bits per heavy atom. The highest BCUT2D eigenvalue weighted by molar-refractivity contribution is 14.0. The first kappa shape index (κ1) is 22.7. The molecule has 1 aromatic heterocycles. The Labute approximate surface area is 190 Å². The fourth-order valence-corrected chi connectivity index (χ4v) is 4.96. The monoisotopic (exact) mass is 518 g/mol. The van der Waals surface area contributed by atoms with Crippen LogP contribution >= 0.6 is 24.0 Å². The second kappa shape index (κ2) is 9.91. The van der Waals surface area contributed by atoms with E-state index in [0.717, 1.165) is 56.6 Å². The van der Waals surface area contributed by atoms with Gasteiger partial charge in [-0.1, -0.05) is 6.42 Å². The van der Waals surface area contributed by atoms with Gasteiger partial charge in [0.15, 0.2) is 11.8 Å². The zero-order chi connectivity index (χ0) is 19.6. The van der Waals surface area contributed by atoms with Crippen LogP contribution < -0.4 is 10.6 Å². The van der Waals surface area contributed by atoms with Gasteiger partial charge in [0.05, 0.1) is 12.6 Å². The van der Waals surface area contributed by atoms with E-state index in [0.29, 0.717) is 30.2 Å². The summed E-state index contributed by atoms with van der Waals surface area (Å²) in [5.74, 6) is 2.75. The van der Waals surface area contributed by atoms with Crippen molar-refractivity contribution in [2.45, 2.75) is 83.7 Å². The van der Waals surface area contributed by atoms with Crippen molar-refractivity contribution in [3.63, 3.8) is 0 Å². The number of aromatic nitrogens is 3. The summed E-state index contributed by atoms with van der Waals surface area (Å²) < 4.78 is 13.2. The molecule has 2 aliphatic carbocycles. The first-order valence-electron chi connectivity index (χ1n) is 10.8. The lowest BCUT2D eigenvalue weighted by Crippen LogP contribution is -2.69. The predicted molar refractivity (Wildman–Crippen MR) is 123 cm³/mol. The van der Waals surface area contributed by atoms with Crippen molar-refractivity contribution in [2.75, 3.05) is 20.3 Å². The van der Waals surface area contributed by atoms with Crippen LogP contribution in [0.25, 0.3) is 0 Å². The summed E-state index contributed by atoms with van der Waals surface area (Å²) in [5.41, 5.74) is 0.326. The van der Waals surface area contributed by atoms with Crippen molar-refractivity contribution in [3.8, 4) is 0 Å². The minimum Gasteiger partial charge on any atom is -0.378 e. The molecule has 3 unspecified atom stereocenters. The number of nitrogens with zero attached hydrogens (tertiary/aromatic N) is 4. The normalized spacial score (nSPS) is 27.4. The Bertz CT molecular complexity index is 705. The highest BCUT2D eigenvalue weighted by atomic mass is 127. The fraction of sp³-hybridized carbons (Fsp3) is 0.850. The molecule has 8 nitrogen and oxygen atoms in total. The average Bonchev–Trinajstić information content (AvgIpc) is 3.01. The summed E-state index contributed by atoms with van der Waals surface area (Å²) in [4.78, 5) is 9.28. The van der Waals surface area contributed by atoms with Gasteiger partial charge in [-0.25, -0.2) is 9.67 Å². The molecular formula is C20H35IN6O2. The number of guanidine groups is 1. The van der Waals surface area contributed by atoms with E-state index in [4.69, 9.17) is 14.5 Å². The fourth-order valence-electron chi connectivity index (χ4n) is 4.96. The van der Waals surface area contributed by atoms with E-state index in [-0.39, 0.29) is 24.0 Å². The lowest BCUT2D eigenvalue weighted by molar-refractivity contribution is -0.168. The van der Waals surface area contributed by atoms with E-state index in [1.54, 1.807) is 7.11 Å². The van der Waals surface area contributed by atoms with Crippen molar-refractivity contribution in [3.05, 3.63) is 11.6 Å². The number of halogens is 1. The number of aryl methyl sites for hydroxylation is 1. The maximum Gasteiger partial charge on any atom is 0.191 e. The maximum absolute atomic E-state index is 5.99. The van der Waals surface area contributed by atoms with Crippen LogP contribution in [-0.2, 0) is 29.0 Å². The summed E-state index contributed by atoms with van der Waals surface area (Å²) >= 11 is 0.